The number of carbonyl (C=O) groups excluding carboxylic acids is 1. The van der Waals surface area contributed by atoms with Crippen LogP contribution in [0.5, 0.6) is 0 Å². The van der Waals surface area contributed by atoms with Crippen molar-refractivity contribution in [2.24, 2.45) is 0 Å². The van der Waals surface area contributed by atoms with Gasteiger partial charge in [-0.05, 0) is 39.2 Å². The Labute approximate surface area is 118 Å². The second-order valence-electron chi connectivity index (χ2n) is 5.82. The number of likely N-dealkylation sites (tertiary alicyclic amines) is 1. The lowest BCUT2D eigenvalue weighted by molar-refractivity contribution is 0.0384. The fraction of sp³-hybridized carbons (Fsp3) is 0.714. The molecule has 0 saturated carbocycles. The third-order valence-corrected chi connectivity index (χ3v) is 5.31. The highest BCUT2D eigenvalue weighted by Gasteiger charge is 2.43. The molecule has 19 heavy (non-hydrogen) atoms. The summed E-state index contributed by atoms with van der Waals surface area (Å²) in [4.78, 5) is 19.5. The van der Waals surface area contributed by atoms with Gasteiger partial charge in [0.2, 0.25) is 0 Å². The number of piperidine rings is 1. The van der Waals surface area contributed by atoms with Crippen molar-refractivity contribution in [2.45, 2.75) is 50.6 Å². The molecule has 0 aromatic carbocycles. The van der Waals surface area contributed by atoms with E-state index in [4.69, 9.17) is 0 Å². The molecule has 2 saturated heterocycles. The Morgan fingerprint density at radius 3 is 3.21 bits per heavy atom. The van der Waals surface area contributed by atoms with Crippen LogP contribution in [-0.2, 0) is 0 Å². The van der Waals surface area contributed by atoms with Gasteiger partial charge in [0.1, 0.15) is 4.88 Å². The first-order valence-electron chi connectivity index (χ1n) is 7.15. The zero-order valence-electron chi connectivity index (χ0n) is 11.4. The summed E-state index contributed by atoms with van der Waals surface area (Å²) in [7, 11) is 0. The largest absolute Gasteiger partial charge is 0.333 e. The summed E-state index contributed by atoms with van der Waals surface area (Å²) in [5, 5.41) is 3.68. The van der Waals surface area contributed by atoms with Crippen LogP contribution in [0.3, 0.4) is 0 Å². The van der Waals surface area contributed by atoms with Crippen LogP contribution in [0, 0.1) is 0 Å². The highest BCUT2D eigenvalue weighted by atomic mass is 32.1. The smallest absolute Gasteiger partial charge is 0.265 e. The number of fused-ring (bicyclic) bond motifs is 1. The third kappa shape index (κ3) is 2.41. The summed E-state index contributed by atoms with van der Waals surface area (Å²) in [6.07, 6.45) is 7.50. The van der Waals surface area contributed by atoms with Gasteiger partial charge < -0.3 is 10.2 Å². The van der Waals surface area contributed by atoms with Crippen molar-refractivity contribution in [1.82, 2.24) is 15.2 Å². The molecular weight excluding hydrogens is 258 g/mol. The summed E-state index contributed by atoms with van der Waals surface area (Å²) < 4.78 is 0. The van der Waals surface area contributed by atoms with E-state index < -0.39 is 0 Å². The fourth-order valence-corrected chi connectivity index (χ4v) is 4.08. The summed E-state index contributed by atoms with van der Waals surface area (Å²) in [5.74, 6) is 0.169. The van der Waals surface area contributed by atoms with E-state index in [2.05, 4.69) is 22.1 Å². The standard InChI is InChI=1S/C14H21N3OS/c1-14-6-4-8-17(12(14)5-2-3-7-16-14)13(18)11-9-15-10-19-11/h9-10,12,16H,2-8H2,1H3/t12-,14-/m0/s1. The molecule has 3 heterocycles. The highest BCUT2D eigenvalue weighted by molar-refractivity contribution is 7.11. The molecule has 0 radical (unpaired) electrons. The molecule has 2 aliphatic rings. The van der Waals surface area contributed by atoms with Gasteiger partial charge in [-0.25, -0.2) is 0 Å². The van der Waals surface area contributed by atoms with Gasteiger partial charge in [-0.1, -0.05) is 6.42 Å². The average molecular weight is 279 g/mol. The predicted octanol–water partition coefficient (Wildman–Crippen LogP) is 2.28. The average Bonchev–Trinajstić information content (AvgIpc) is 2.86. The van der Waals surface area contributed by atoms with E-state index in [9.17, 15) is 4.79 Å². The highest BCUT2D eigenvalue weighted by Crippen LogP contribution is 2.33. The van der Waals surface area contributed by atoms with E-state index in [-0.39, 0.29) is 11.4 Å². The topological polar surface area (TPSA) is 45.2 Å². The SMILES string of the molecule is C[C@]12CCCN(C(=O)c3cncs3)[C@H]1CCCCN2. The number of aromatic nitrogens is 1. The van der Waals surface area contributed by atoms with Crippen LogP contribution >= 0.6 is 11.3 Å². The lowest BCUT2D eigenvalue weighted by Gasteiger charge is -2.48. The monoisotopic (exact) mass is 279 g/mol. The van der Waals surface area contributed by atoms with Gasteiger partial charge in [0.15, 0.2) is 0 Å². The molecule has 0 unspecified atom stereocenters. The number of thiazole rings is 1. The number of nitrogens with one attached hydrogen (secondary N) is 1. The van der Waals surface area contributed by atoms with E-state index >= 15 is 0 Å². The molecule has 2 atom stereocenters. The van der Waals surface area contributed by atoms with Crippen molar-refractivity contribution in [3.63, 3.8) is 0 Å². The van der Waals surface area contributed by atoms with Gasteiger partial charge in [0.05, 0.1) is 11.7 Å². The Bertz CT molecular complexity index is 448. The maximum atomic E-state index is 12.6. The molecule has 2 aliphatic heterocycles. The Morgan fingerprint density at radius 2 is 2.42 bits per heavy atom. The fourth-order valence-electron chi connectivity index (χ4n) is 3.51. The predicted molar refractivity (Wildman–Crippen MR) is 76.4 cm³/mol. The molecule has 4 nitrogen and oxygen atoms in total. The van der Waals surface area contributed by atoms with Crippen molar-refractivity contribution < 1.29 is 4.79 Å². The normalized spacial score (nSPS) is 31.6. The van der Waals surface area contributed by atoms with Gasteiger partial charge in [-0.15, -0.1) is 11.3 Å². The summed E-state index contributed by atoms with van der Waals surface area (Å²) in [6, 6.07) is 0.332. The number of nitrogens with zero attached hydrogens (tertiary/aromatic N) is 2. The Kier molecular flexibility index (Phi) is 3.58. The molecule has 1 amide bonds. The number of hydrogen-bond acceptors (Lipinski definition) is 4. The van der Waals surface area contributed by atoms with Gasteiger partial charge in [-0.3, -0.25) is 9.78 Å². The van der Waals surface area contributed by atoms with E-state index in [1.54, 1.807) is 11.7 Å². The van der Waals surface area contributed by atoms with Gasteiger partial charge in [0, 0.05) is 18.1 Å². The molecule has 0 spiro atoms. The van der Waals surface area contributed by atoms with Crippen LogP contribution in [-0.4, -0.2) is 40.5 Å². The number of amides is 1. The molecule has 1 aromatic rings. The minimum atomic E-state index is 0.0924. The maximum absolute atomic E-state index is 12.6. The van der Waals surface area contributed by atoms with Crippen LogP contribution in [0.2, 0.25) is 0 Å². The van der Waals surface area contributed by atoms with Crippen LogP contribution in [0.25, 0.3) is 0 Å². The first kappa shape index (κ1) is 13.1. The lowest BCUT2D eigenvalue weighted by atomic mass is 9.81. The van der Waals surface area contributed by atoms with Gasteiger partial charge in [0.25, 0.3) is 5.91 Å². The Hall–Kier alpha value is -0.940. The van der Waals surface area contributed by atoms with E-state index in [1.165, 1.54) is 30.6 Å². The van der Waals surface area contributed by atoms with Crippen molar-refractivity contribution in [3.05, 3.63) is 16.6 Å². The van der Waals surface area contributed by atoms with Gasteiger partial charge >= 0.3 is 0 Å². The van der Waals surface area contributed by atoms with Crippen LogP contribution < -0.4 is 5.32 Å². The van der Waals surface area contributed by atoms with Crippen molar-refractivity contribution in [3.8, 4) is 0 Å². The molecule has 104 valence electrons. The van der Waals surface area contributed by atoms with Crippen LogP contribution in [0.4, 0.5) is 0 Å². The van der Waals surface area contributed by atoms with E-state index in [0.29, 0.717) is 6.04 Å². The number of rotatable bonds is 1. The minimum Gasteiger partial charge on any atom is -0.333 e. The molecule has 1 aromatic heterocycles. The molecule has 3 rings (SSSR count). The third-order valence-electron chi connectivity index (χ3n) is 4.54. The molecule has 5 heteroatoms. The van der Waals surface area contributed by atoms with Gasteiger partial charge in [-0.2, -0.15) is 0 Å². The van der Waals surface area contributed by atoms with Crippen molar-refractivity contribution >= 4 is 17.2 Å². The number of carbonyl (C=O) groups is 1. The lowest BCUT2D eigenvalue weighted by Crippen LogP contribution is -2.62. The van der Waals surface area contributed by atoms with Crippen molar-refractivity contribution in [1.29, 1.82) is 0 Å². The zero-order chi connectivity index (χ0) is 13.3. The molecule has 0 bridgehead atoms. The summed E-state index contributed by atoms with van der Waals surface area (Å²) >= 11 is 1.45. The second kappa shape index (κ2) is 5.21. The summed E-state index contributed by atoms with van der Waals surface area (Å²) in [5.41, 5.74) is 1.83. The first-order chi connectivity index (χ1) is 9.21. The maximum Gasteiger partial charge on any atom is 0.265 e. The van der Waals surface area contributed by atoms with Crippen LogP contribution in [0.1, 0.15) is 48.7 Å². The van der Waals surface area contributed by atoms with Crippen molar-refractivity contribution in [2.75, 3.05) is 13.1 Å². The Balaban J connectivity index is 1.86. The van der Waals surface area contributed by atoms with E-state index in [1.807, 2.05) is 0 Å². The number of hydrogen-bond donors (Lipinski definition) is 1. The second-order valence-corrected chi connectivity index (χ2v) is 6.71. The van der Waals surface area contributed by atoms with E-state index in [0.717, 1.165) is 30.8 Å². The minimum absolute atomic E-state index is 0.0924. The first-order valence-corrected chi connectivity index (χ1v) is 8.03. The molecule has 1 N–H and O–H groups in total. The summed E-state index contributed by atoms with van der Waals surface area (Å²) in [6.45, 7) is 4.25. The molecular formula is C14H21N3OS. The Morgan fingerprint density at radius 1 is 1.53 bits per heavy atom. The molecule has 2 fully saturated rings. The van der Waals surface area contributed by atoms with Crippen LogP contribution in [0.15, 0.2) is 11.7 Å². The molecule has 0 aliphatic carbocycles. The quantitative estimate of drug-likeness (QED) is 0.858. The zero-order valence-corrected chi connectivity index (χ0v) is 12.2.